The zero-order chi connectivity index (χ0) is 16.1. The van der Waals surface area contributed by atoms with E-state index in [9.17, 15) is 4.79 Å². The van der Waals surface area contributed by atoms with Gasteiger partial charge in [-0.15, -0.1) is 0 Å². The molecule has 23 heavy (non-hydrogen) atoms. The van der Waals surface area contributed by atoms with Crippen LogP contribution < -0.4 is 0 Å². The normalized spacial score (nSPS) is 23.2. The summed E-state index contributed by atoms with van der Waals surface area (Å²) in [6.45, 7) is 2.32. The lowest BCUT2D eigenvalue weighted by molar-refractivity contribution is -0.0345. The Kier molecular flexibility index (Phi) is 5.73. The molecule has 5 nitrogen and oxygen atoms in total. The highest BCUT2D eigenvalue weighted by Crippen LogP contribution is 2.29. The zero-order valence-corrected chi connectivity index (χ0v) is 14.0. The molecule has 1 aromatic heterocycles. The van der Waals surface area contributed by atoms with Crippen LogP contribution in [0.15, 0.2) is 16.5 Å². The van der Waals surface area contributed by atoms with Crippen LogP contribution in [0.3, 0.4) is 0 Å². The lowest BCUT2D eigenvalue weighted by atomic mass is 9.85. The summed E-state index contributed by atoms with van der Waals surface area (Å²) < 4.78 is 16.5. The molecule has 0 radical (unpaired) electrons. The number of nitrogens with zero attached hydrogens (tertiary/aromatic N) is 1. The van der Waals surface area contributed by atoms with Crippen LogP contribution in [0.2, 0.25) is 0 Å². The highest BCUT2D eigenvalue weighted by atomic mass is 16.5. The second-order valence-corrected chi connectivity index (χ2v) is 6.68. The van der Waals surface area contributed by atoms with Crippen LogP contribution in [0.25, 0.3) is 0 Å². The Balaban J connectivity index is 1.55. The van der Waals surface area contributed by atoms with E-state index in [0.717, 1.165) is 12.3 Å². The molecule has 0 N–H and O–H groups in total. The molecule has 1 amide bonds. The van der Waals surface area contributed by atoms with Gasteiger partial charge in [0, 0.05) is 20.2 Å². The molecule has 0 aromatic carbocycles. The van der Waals surface area contributed by atoms with Crippen LogP contribution in [0.5, 0.6) is 0 Å². The summed E-state index contributed by atoms with van der Waals surface area (Å²) in [5, 5.41) is 0. The van der Waals surface area contributed by atoms with Gasteiger partial charge in [0.1, 0.15) is 12.4 Å². The molecule has 1 aromatic rings. The van der Waals surface area contributed by atoms with E-state index in [0.29, 0.717) is 37.8 Å². The second kappa shape index (κ2) is 7.97. The molecule has 2 heterocycles. The van der Waals surface area contributed by atoms with E-state index in [1.165, 1.54) is 32.1 Å². The molecular weight excluding hydrogens is 294 g/mol. The molecule has 0 unspecified atom stereocenters. The van der Waals surface area contributed by atoms with E-state index in [2.05, 4.69) is 0 Å². The molecule has 1 aliphatic carbocycles. The van der Waals surface area contributed by atoms with Crippen LogP contribution in [0.4, 0.5) is 0 Å². The third-order valence-electron chi connectivity index (χ3n) is 4.91. The van der Waals surface area contributed by atoms with Gasteiger partial charge >= 0.3 is 0 Å². The fourth-order valence-electron chi connectivity index (χ4n) is 3.71. The highest BCUT2D eigenvalue weighted by molar-refractivity contribution is 5.91. The number of hydrogen-bond donors (Lipinski definition) is 0. The van der Waals surface area contributed by atoms with Crippen molar-refractivity contribution in [3.8, 4) is 0 Å². The van der Waals surface area contributed by atoms with Crippen molar-refractivity contribution in [2.75, 3.05) is 26.8 Å². The minimum atomic E-state index is -0.0377. The Morgan fingerprint density at radius 3 is 2.91 bits per heavy atom. The summed E-state index contributed by atoms with van der Waals surface area (Å²) in [5.41, 5.74) is 0. The van der Waals surface area contributed by atoms with Gasteiger partial charge in [0.25, 0.3) is 5.91 Å². The van der Waals surface area contributed by atoms with Crippen LogP contribution in [-0.2, 0) is 16.1 Å². The fourth-order valence-corrected chi connectivity index (χ4v) is 3.71. The minimum Gasteiger partial charge on any atom is -0.453 e. The predicted octanol–water partition coefficient (Wildman–Crippen LogP) is 3.24. The number of carbonyl (C=O) groups excluding carboxylic acids is 1. The molecule has 2 fully saturated rings. The molecule has 1 saturated heterocycles. The van der Waals surface area contributed by atoms with Crippen LogP contribution >= 0.6 is 0 Å². The molecule has 5 heteroatoms. The molecular formula is C18H27NO4. The Bertz CT molecular complexity index is 507. The zero-order valence-electron chi connectivity index (χ0n) is 14.0. The van der Waals surface area contributed by atoms with Gasteiger partial charge in [-0.25, -0.2) is 0 Å². The summed E-state index contributed by atoms with van der Waals surface area (Å²) in [5.74, 6) is 1.81. The number of carbonyl (C=O) groups is 1. The lowest BCUT2D eigenvalue weighted by Gasteiger charge is -2.35. The van der Waals surface area contributed by atoms with Crippen LogP contribution in [0.1, 0.15) is 54.8 Å². The van der Waals surface area contributed by atoms with Gasteiger partial charge in [-0.05, 0) is 24.5 Å². The number of ether oxygens (including phenoxy) is 2. The van der Waals surface area contributed by atoms with Gasteiger partial charge in [0.15, 0.2) is 5.76 Å². The lowest BCUT2D eigenvalue weighted by Crippen LogP contribution is -2.46. The van der Waals surface area contributed by atoms with Crippen molar-refractivity contribution >= 4 is 5.91 Å². The number of furan rings is 1. The number of rotatable bonds is 5. The topological polar surface area (TPSA) is 51.9 Å². The van der Waals surface area contributed by atoms with Gasteiger partial charge in [0.2, 0.25) is 0 Å². The molecule has 0 spiro atoms. The molecule has 3 rings (SSSR count). The number of morpholine rings is 1. The standard InChI is InChI=1S/C18H27NO4/c1-21-13-15-7-8-17(23-15)18(20)19-9-10-22-16(12-19)11-14-5-3-2-4-6-14/h7-8,14,16H,2-6,9-13H2,1H3/t16-/m0/s1. The maximum atomic E-state index is 12.6. The van der Waals surface area contributed by atoms with E-state index >= 15 is 0 Å². The minimum absolute atomic E-state index is 0.0377. The van der Waals surface area contributed by atoms with Crippen molar-refractivity contribution in [2.24, 2.45) is 5.92 Å². The summed E-state index contributed by atoms with van der Waals surface area (Å²) in [7, 11) is 1.61. The number of amides is 1. The van der Waals surface area contributed by atoms with E-state index < -0.39 is 0 Å². The molecule has 1 aliphatic heterocycles. The second-order valence-electron chi connectivity index (χ2n) is 6.68. The van der Waals surface area contributed by atoms with Gasteiger partial charge < -0.3 is 18.8 Å². The van der Waals surface area contributed by atoms with Gasteiger partial charge in [-0.3, -0.25) is 4.79 Å². The first-order valence-electron chi connectivity index (χ1n) is 8.75. The van der Waals surface area contributed by atoms with Crippen molar-refractivity contribution in [3.63, 3.8) is 0 Å². The van der Waals surface area contributed by atoms with Gasteiger partial charge in [0.05, 0.1) is 12.7 Å². The van der Waals surface area contributed by atoms with Crippen molar-refractivity contribution in [3.05, 3.63) is 23.7 Å². The van der Waals surface area contributed by atoms with Gasteiger partial charge in [-0.1, -0.05) is 32.1 Å². The average molecular weight is 321 g/mol. The quantitative estimate of drug-likeness (QED) is 0.835. The third kappa shape index (κ3) is 4.36. The van der Waals surface area contributed by atoms with E-state index in [1.807, 2.05) is 4.90 Å². The molecule has 1 atom stereocenters. The first-order valence-corrected chi connectivity index (χ1v) is 8.75. The number of methoxy groups -OCH3 is 1. The average Bonchev–Trinajstić information content (AvgIpc) is 3.04. The molecule has 1 saturated carbocycles. The predicted molar refractivity (Wildman–Crippen MR) is 86.3 cm³/mol. The maximum absolute atomic E-state index is 12.6. The first-order chi connectivity index (χ1) is 11.3. The summed E-state index contributed by atoms with van der Waals surface area (Å²) in [4.78, 5) is 14.5. The summed E-state index contributed by atoms with van der Waals surface area (Å²) >= 11 is 0. The molecule has 2 aliphatic rings. The van der Waals surface area contributed by atoms with Crippen molar-refractivity contribution in [1.29, 1.82) is 0 Å². The van der Waals surface area contributed by atoms with Crippen molar-refractivity contribution in [1.82, 2.24) is 4.90 Å². The maximum Gasteiger partial charge on any atom is 0.289 e. The summed E-state index contributed by atoms with van der Waals surface area (Å²) in [6, 6.07) is 3.54. The molecule has 128 valence electrons. The first kappa shape index (κ1) is 16.5. The van der Waals surface area contributed by atoms with E-state index in [1.54, 1.807) is 19.2 Å². The van der Waals surface area contributed by atoms with E-state index in [4.69, 9.17) is 13.9 Å². The van der Waals surface area contributed by atoms with Crippen molar-refractivity contribution in [2.45, 2.75) is 51.2 Å². The summed E-state index contributed by atoms with van der Waals surface area (Å²) in [6.07, 6.45) is 7.93. The van der Waals surface area contributed by atoms with Crippen LogP contribution in [0, 0.1) is 5.92 Å². The third-order valence-corrected chi connectivity index (χ3v) is 4.91. The molecule has 0 bridgehead atoms. The monoisotopic (exact) mass is 321 g/mol. The van der Waals surface area contributed by atoms with Crippen molar-refractivity contribution < 1.29 is 18.7 Å². The fraction of sp³-hybridized carbons (Fsp3) is 0.722. The van der Waals surface area contributed by atoms with Gasteiger partial charge in [-0.2, -0.15) is 0 Å². The SMILES string of the molecule is COCc1ccc(C(=O)N2CCO[C@@H](CC3CCCCC3)C2)o1. The van der Waals surface area contributed by atoms with E-state index in [-0.39, 0.29) is 12.0 Å². The number of hydrogen-bond acceptors (Lipinski definition) is 4. The van der Waals surface area contributed by atoms with Crippen LogP contribution in [-0.4, -0.2) is 43.7 Å². The Labute approximate surface area is 137 Å². The Hall–Kier alpha value is -1.33. The largest absolute Gasteiger partial charge is 0.453 e. The Morgan fingerprint density at radius 2 is 2.13 bits per heavy atom. The smallest absolute Gasteiger partial charge is 0.289 e. The Morgan fingerprint density at radius 1 is 1.30 bits per heavy atom. The highest BCUT2D eigenvalue weighted by Gasteiger charge is 2.29.